The van der Waals surface area contributed by atoms with Gasteiger partial charge in [-0.1, -0.05) is 0 Å². The monoisotopic (exact) mass is 256 g/mol. The Morgan fingerprint density at radius 2 is 1.72 bits per heavy atom. The fourth-order valence-electron chi connectivity index (χ4n) is 2.18. The molecular formula is C12H20N2O4. The van der Waals surface area contributed by atoms with Crippen molar-refractivity contribution in [1.82, 2.24) is 10.6 Å². The third-order valence-electron chi connectivity index (χ3n) is 3.24. The van der Waals surface area contributed by atoms with Crippen molar-refractivity contribution in [2.75, 3.05) is 0 Å². The molecular weight excluding hydrogens is 236 g/mol. The lowest BCUT2D eigenvalue weighted by Crippen LogP contribution is -2.48. The van der Waals surface area contributed by atoms with E-state index in [-0.39, 0.29) is 23.8 Å². The van der Waals surface area contributed by atoms with Gasteiger partial charge in [-0.25, -0.2) is 0 Å². The number of hydrogen-bond donors (Lipinski definition) is 3. The molecule has 3 N–H and O–H groups in total. The van der Waals surface area contributed by atoms with Gasteiger partial charge in [-0.2, -0.15) is 0 Å². The van der Waals surface area contributed by atoms with Crippen LogP contribution in [0.5, 0.6) is 0 Å². The average Bonchev–Trinajstić information content (AvgIpc) is 2.28. The molecule has 1 fully saturated rings. The van der Waals surface area contributed by atoms with E-state index in [1.54, 1.807) is 6.92 Å². The summed E-state index contributed by atoms with van der Waals surface area (Å²) in [7, 11) is 0. The fourth-order valence-corrected chi connectivity index (χ4v) is 2.18. The Bertz CT molecular complexity index is 335. The summed E-state index contributed by atoms with van der Waals surface area (Å²) >= 11 is 0. The van der Waals surface area contributed by atoms with Gasteiger partial charge in [0.1, 0.15) is 6.04 Å². The summed E-state index contributed by atoms with van der Waals surface area (Å²) in [6.07, 6.45) is 2.54. The summed E-state index contributed by atoms with van der Waals surface area (Å²) in [5.74, 6) is -1.51. The number of carboxylic acids is 1. The molecule has 1 atom stereocenters. The lowest BCUT2D eigenvalue weighted by Gasteiger charge is -2.27. The smallest absolute Gasteiger partial charge is 0.306 e. The molecule has 1 aliphatic rings. The minimum Gasteiger partial charge on any atom is -0.481 e. The molecule has 1 saturated carbocycles. The summed E-state index contributed by atoms with van der Waals surface area (Å²) in [5.41, 5.74) is 0. The van der Waals surface area contributed by atoms with Crippen molar-refractivity contribution in [3.05, 3.63) is 0 Å². The van der Waals surface area contributed by atoms with E-state index in [9.17, 15) is 14.4 Å². The summed E-state index contributed by atoms with van der Waals surface area (Å²) in [4.78, 5) is 33.3. The maximum atomic E-state index is 11.7. The van der Waals surface area contributed by atoms with Crippen LogP contribution in [0.25, 0.3) is 0 Å². The van der Waals surface area contributed by atoms with Crippen LogP contribution in [0, 0.1) is 5.92 Å². The molecule has 0 aromatic heterocycles. The molecule has 0 aromatic rings. The number of carbonyl (C=O) groups excluding carboxylic acids is 2. The second-order valence-electron chi connectivity index (χ2n) is 4.82. The van der Waals surface area contributed by atoms with Crippen LogP contribution in [0.15, 0.2) is 0 Å². The van der Waals surface area contributed by atoms with Gasteiger partial charge in [0.05, 0.1) is 5.92 Å². The summed E-state index contributed by atoms with van der Waals surface area (Å²) in [6, 6.07) is -0.538. The molecule has 102 valence electrons. The second kappa shape index (κ2) is 6.37. The van der Waals surface area contributed by atoms with Gasteiger partial charge in [0.25, 0.3) is 0 Å². The molecule has 0 aromatic carbocycles. The van der Waals surface area contributed by atoms with Crippen LogP contribution in [0.3, 0.4) is 0 Å². The molecule has 0 spiro atoms. The van der Waals surface area contributed by atoms with Crippen LogP contribution < -0.4 is 10.6 Å². The lowest BCUT2D eigenvalue weighted by atomic mass is 9.86. The van der Waals surface area contributed by atoms with Crippen molar-refractivity contribution in [2.24, 2.45) is 5.92 Å². The molecule has 6 heteroatoms. The SMILES string of the molecule is CC(=O)NC(C)C(=O)NC1CCC(C(=O)O)CC1. The third-order valence-corrected chi connectivity index (χ3v) is 3.24. The number of hydrogen-bond acceptors (Lipinski definition) is 3. The first-order chi connectivity index (χ1) is 8.40. The zero-order valence-corrected chi connectivity index (χ0v) is 10.7. The summed E-state index contributed by atoms with van der Waals surface area (Å²) in [5, 5.41) is 14.2. The first-order valence-corrected chi connectivity index (χ1v) is 6.20. The summed E-state index contributed by atoms with van der Waals surface area (Å²) < 4.78 is 0. The predicted octanol–water partition coefficient (Wildman–Crippen LogP) is 0.271. The van der Waals surface area contributed by atoms with Crippen molar-refractivity contribution in [3.8, 4) is 0 Å². The van der Waals surface area contributed by atoms with Crippen molar-refractivity contribution in [3.63, 3.8) is 0 Å². The van der Waals surface area contributed by atoms with E-state index in [2.05, 4.69) is 10.6 Å². The number of amides is 2. The molecule has 18 heavy (non-hydrogen) atoms. The number of rotatable bonds is 4. The maximum Gasteiger partial charge on any atom is 0.306 e. The second-order valence-corrected chi connectivity index (χ2v) is 4.82. The third kappa shape index (κ3) is 4.35. The lowest BCUT2D eigenvalue weighted by molar-refractivity contribution is -0.143. The van der Waals surface area contributed by atoms with Gasteiger partial charge in [0.15, 0.2) is 0 Å². The largest absolute Gasteiger partial charge is 0.481 e. The van der Waals surface area contributed by atoms with Gasteiger partial charge >= 0.3 is 5.97 Å². The highest BCUT2D eigenvalue weighted by Gasteiger charge is 2.27. The van der Waals surface area contributed by atoms with Crippen LogP contribution >= 0.6 is 0 Å². The van der Waals surface area contributed by atoms with Crippen LogP contribution in [-0.4, -0.2) is 35.0 Å². The number of nitrogens with one attached hydrogen (secondary N) is 2. The van der Waals surface area contributed by atoms with E-state index < -0.39 is 12.0 Å². The van der Waals surface area contributed by atoms with Gasteiger partial charge in [-0.15, -0.1) is 0 Å². The average molecular weight is 256 g/mol. The van der Waals surface area contributed by atoms with Gasteiger partial charge in [-0.3, -0.25) is 14.4 Å². The van der Waals surface area contributed by atoms with E-state index in [0.29, 0.717) is 25.7 Å². The molecule has 6 nitrogen and oxygen atoms in total. The van der Waals surface area contributed by atoms with Crippen molar-refractivity contribution < 1.29 is 19.5 Å². The van der Waals surface area contributed by atoms with Crippen molar-refractivity contribution >= 4 is 17.8 Å². The van der Waals surface area contributed by atoms with Crippen molar-refractivity contribution in [1.29, 1.82) is 0 Å². The fraction of sp³-hybridized carbons (Fsp3) is 0.750. The van der Waals surface area contributed by atoms with Gasteiger partial charge in [0, 0.05) is 13.0 Å². The van der Waals surface area contributed by atoms with Gasteiger partial charge < -0.3 is 15.7 Å². The zero-order valence-electron chi connectivity index (χ0n) is 10.7. The highest BCUT2D eigenvalue weighted by Crippen LogP contribution is 2.24. The highest BCUT2D eigenvalue weighted by molar-refractivity contribution is 5.86. The quantitative estimate of drug-likeness (QED) is 0.672. The summed E-state index contributed by atoms with van der Waals surface area (Å²) in [6.45, 7) is 2.99. The topological polar surface area (TPSA) is 95.5 Å². The Morgan fingerprint density at radius 3 is 2.17 bits per heavy atom. The zero-order chi connectivity index (χ0) is 13.7. The van der Waals surface area contributed by atoms with Crippen LogP contribution in [0.2, 0.25) is 0 Å². The molecule has 0 aliphatic heterocycles. The Balaban J connectivity index is 2.34. The van der Waals surface area contributed by atoms with Crippen LogP contribution in [0.1, 0.15) is 39.5 Å². The van der Waals surface area contributed by atoms with Crippen LogP contribution in [0.4, 0.5) is 0 Å². The predicted molar refractivity (Wildman–Crippen MR) is 64.8 cm³/mol. The maximum absolute atomic E-state index is 11.7. The first-order valence-electron chi connectivity index (χ1n) is 6.20. The number of aliphatic carboxylic acids is 1. The molecule has 2 amide bonds. The molecule has 1 rings (SSSR count). The minimum absolute atomic E-state index is 0.0179. The van der Waals surface area contributed by atoms with E-state index in [1.165, 1.54) is 6.92 Å². The van der Waals surface area contributed by atoms with Gasteiger partial charge in [-0.05, 0) is 32.6 Å². The van der Waals surface area contributed by atoms with E-state index in [1.807, 2.05) is 0 Å². The molecule has 1 aliphatic carbocycles. The van der Waals surface area contributed by atoms with E-state index in [0.717, 1.165) is 0 Å². The van der Waals surface area contributed by atoms with E-state index >= 15 is 0 Å². The van der Waals surface area contributed by atoms with Crippen LogP contribution in [-0.2, 0) is 14.4 Å². The molecule has 0 bridgehead atoms. The molecule has 0 radical (unpaired) electrons. The Labute approximate surface area is 106 Å². The Hall–Kier alpha value is -1.59. The first kappa shape index (κ1) is 14.5. The normalized spacial score (nSPS) is 25.0. The Morgan fingerprint density at radius 1 is 1.17 bits per heavy atom. The molecule has 0 heterocycles. The van der Waals surface area contributed by atoms with Gasteiger partial charge in [0.2, 0.25) is 11.8 Å². The Kier molecular flexibility index (Phi) is 5.12. The van der Waals surface area contributed by atoms with Crippen molar-refractivity contribution in [2.45, 2.75) is 51.6 Å². The number of carboxylic acid groups (broad SMARTS) is 1. The number of carbonyl (C=O) groups is 3. The standard InChI is InChI=1S/C12H20N2O4/c1-7(13-8(2)15)11(16)14-10-5-3-9(4-6-10)12(17)18/h7,9-10H,3-6H2,1-2H3,(H,13,15)(H,14,16)(H,17,18). The van der Waals surface area contributed by atoms with E-state index in [4.69, 9.17) is 5.11 Å². The molecule has 1 unspecified atom stereocenters. The molecule has 0 saturated heterocycles. The highest BCUT2D eigenvalue weighted by atomic mass is 16.4. The minimum atomic E-state index is -0.758.